The first-order valence-electron chi connectivity index (χ1n) is 8.56. The highest BCUT2D eigenvalue weighted by atomic mass is 16.6. The van der Waals surface area contributed by atoms with Gasteiger partial charge in [-0.15, -0.1) is 0 Å². The maximum atomic E-state index is 12.2. The molecule has 1 amide bonds. The summed E-state index contributed by atoms with van der Waals surface area (Å²) in [6.07, 6.45) is -1.18. The summed E-state index contributed by atoms with van der Waals surface area (Å²) in [6.45, 7) is 2.30. The second-order valence-electron chi connectivity index (χ2n) is 6.05. The van der Waals surface area contributed by atoms with Gasteiger partial charge in [0.2, 0.25) is 0 Å². The minimum atomic E-state index is -1.12. The largest absolute Gasteiger partial charge is 0.486 e. The highest BCUT2D eigenvalue weighted by Crippen LogP contribution is 2.31. The normalized spacial score (nSPS) is 13.3. The number of rotatable bonds is 6. The number of nitrogens with zero attached hydrogens (tertiary/aromatic N) is 1. The van der Waals surface area contributed by atoms with Crippen LogP contribution in [0.4, 0.5) is 11.4 Å². The van der Waals surface area contributed by atoms with Crippen molar-refractivity contribution >= 4 is 23.3 Å². The fraction of sp³-hybridized carbons (Fsp3) is 0.263. The molecule has 1 aliphatic rings. The summed E-state index contributed by atoms with van der Waals surface area (Å²) in [5.74, 6) is -0.106. The van der Waals surface area contributed by atoms with Crippen LogP contribution >= 0.6 is 0 Å². The van der Waals surface area contributed by atoms with E-state index in [0.717, 1.165) is 0 Å². The molecule has 0 spiro atoms. The lowest BCUT2D eigenvalue weighted by Crippen LogP contribution is -2.30. The van der Waals surface area contributed by atoms with Gasteiger partial charge in [-0.25, -0.2) is 0 Å². The summed E-state index contributed by atoms with van der Waals surface area (Å²) in [6, 6.07) is 10.8. The topological polar surface area (TPSA) is 117 Å². The number of nitro benzene ring substituents is 1. The number of hydrogen-bond donors (Lipinski definition) is 1. The van der Waals surface area contributed by atoms with Crippen LogP contribution in [-0.4, -0.2) is 36.1 Å². The van der Waals surface area contributed by atoms with E-state index in [2.05, 4.69) is 5.32 Å². The molecule has 0 saturated heterocycles. The van der Waals surface area contributed by atoms with E-state index >= 15 is 0 Å². The van der Waals surface area contributed by atoms with Crippen molar-refractivity contribution in [2.75, 3.05) is 18.5 Å². The lowest BCUT2D eigenvalue weighted by Gasteiger charge is -2.19. The van der Waals surface area contributed by atoms with Crippen LogP contribution in [-0.2, 0) is 20.7 Å². The van der Waals surface area contributed by atoms with Gasteiger partial charge in [-0.1, -0.05) is 18.2 Å². The third-order valence-electron chi connectivity index (χ3n) is 3.99. The summed E-state index contributed by atoms with van der Waals surface area (Å²) < 4.78 is 16.0. The third-order valence-corrected chi connectivity index (χ3v) is 3.99. The molecular formula is C19H18N2O7. The third kappa shape index (κ3) is 4.56. The van der Waals surface area contributed by atoms with Crippen molar-refractivity contribution < 1.29 is 28.7 Å². The molecule has 0 fully saturated rings. The number of nitro groups is 1. The van der Waals surface area contributed by atoms with Gasteiger partial charge in [0.15, 0.2) is 17.6 Å². The maximum absolute atomic E-state index is 12.2. The summed E-state index contributed by atoms with van der Waals surface area (Å²) in [7, 11) is 0. The Balaban J connectivity index is 1.58. The van der Waals surface area contributed by atoms with Crippen molar-refractivity contribution in [2.24, 2.45) is 0 Å². The molecule has 146 valence electrons. The number of ether oxygens (including phenoxy) is 3. The molecular weight excluding hydrogens is 368 g/mol. The van der Waals surface area contributed by atoms with Crippen molar-refractivity contribution in [3.05, 3.63) is 58.1 Å². The predicted octanol–water partition coefficient (Wildman–Crippen LogP) is 2.48. The van der Waals surface area contributed by atoms with Crippen molar-refractivity contribution in [3.8, 4) is 11.5 Å². The van der Waals surface area contributed by atoms with Crippen LogP contribution in [0.5, 0.6) is 11.5 Å². The zero-order chi connectivity index (χ0) is 20.1. The smallest absolute Gasteiger partial charge is 0.311 e. The number of benzene rings is 2. The van der Waals surface area contributed by atoms with Gasteiger partial charge < -0.3 is 19.5 Å². The number of esters is 1. The quantitative estimate of drug-likeness (QED) is 0.460. The molecule has 0 saturated carbocycles. The highest BCUT2D eigenvalue weighted by Gasteiger charge is 2.22. The molecule has 28 heavy (non-hydrogen) atoms. The zero-order valence-corrected chi connectivity index (χ0v) is 15.0. The lowest BCUT2D eigenvalue weighted by atomic mass is 10.1. The van der Waals surface area contributed by atoms with E-state index in [1.807, 2.05) is 0 Å². The number of nitrogens with one attached hydrogen (secondary N) is 1. The van der Waals surface area contributed by atoms with Crippen LogP contribution in [0.2, 0.25) is 0 Å². The predicted molar refractivity (Wildman–Crippen MR) is 98.4 cm³/mol. The minimum absolute atomic E-state index is 0.0345. The van der Waals surface area contributed by atoms with Crippen LogP contribution in [0.3, 0.4) is 0 Å². The Morgan fingerprint density at radius 2 is 1.89 bits per heavy atom. The number of carbonyl (C=O) groups excluding carboxylic acids is 2. The number of anilines is 1. The van der Waals surface area contributed by atoms with Gasteiger partial charge in [0, 0.05) is 6.07 Å². The van der Waals surface area contributed by atoms with Crippen molar-refractivity contribution in [2.45, 2.75) is 19.4 Å². The van der Waals surface area contributed by atoms with Crippen LogP contribution in [0, 0.1) is 10.1 Å². The van der Waals surface area contributed by atoms with E-state index in [-0.39, 0.29) is 17.8 Å². The van der Waals surface area contributed by atoms with E-state index in [4.69, 9.17) is 14.2 Å². The molecule has 9 nitrogen and oxygen atoms in total. The molecule has 0 radical (unpaired) electrons. The summed E-state index contributed by atoms with van der Waals surface area (Å²) >= 11 is 0. The number of amides is 1. The molecule has 2 aromatic carbocycles. The Bertz CT molecular complexity index is 913. The van der Waals surface area contributed by atoms with Crippen LogP contribution < -0.4 is 14.8 Å². The average molecular weight is 386 g/mol. The SMILES string of the molecule is C[C@H](OC(=O)Cc1ccc2c(c1)OCCO2)C(=O)Nc1ccccc1[N+](=O)[O-]. The molecule has 1 aliphatic heterocycles. The van der Waals surface area contributed by atoms with Gasteiger partial charge in [-0.05, 0) is 30.7 Å². The second-order valence-corrected chi connectivity index (χ2v) is 6.05. The number of carbonyl (C=O) groups is 2. The Morgan fingerprint density at radius 3 is 2.64 bits per heavy atom. The lowest BCUT2D eigenvalue weighted by molar-refractivity contribution is -0.383. The fourth-order valence-corrected chi connectivity index (χ4v) is 2.63. The molecule has 2 aromatic rings. The van der Waals surface area contributed by atoms with Gasteiger partial charge >= 0.3 is 5.97 Å². The Kier molecular flexibility index (Phi) is 5.73. The molecule has 1 heterocycles. The molecule has 1 N–H and O–H groups in total. The van der Waals surface area contributed by atoms with E-state index in [1.54, 1.807) is 24.3 Å². The molecule has 0 unspecified atom stereocenters. The van der Waals surface area contributed by atoms with Gasteiger partial charge in [-0.2, -0.15) is 0 Å². The Labute approximate surface area is 160 Å². The molecule has 9 heteroatoms. The zero-order valence-electron chi connectivity index (χ0n) is 15.0. The molecule has 0 bridgehead atoms. The van der Waals surface area contributed by atoms with E-state index in [9.17, 15) is 19.7 Å². The van der Waals surface area contributed by atoms with Gasteiger partial charge in [0.25, 0.3) is 11.6 Å². The maximum Gasteiger partial charge on any atom is 0.311 e. The monoisotopic (exact) mass is 386 g/mol. The first kappa shape index (κ1) is 19.2. The van der Waals surface area contributed by atoms with E-state index in [1.165, 1.54) is 25.1 Å². The van der Waals surface area contributed by atoms with Crippen LogP contribution in [0.1, 0.15) is 12.5 Å². The Hall–Kier alpha value is -3.62. The molecule has 1 atom stereocenters. The van der Waals surface area contributed by atoms with Crippen molar-refractivity contribution in [1.29, 1.82) is 0 Å². The first-order chi connectivity index (χ1) is 13.4. The summed E-state index contributed by atoms with van der Waals surface area (Å²) in [4.78, 5) is 34.8. The standard InChI is InChI=1S/C19H18N2O7/c1-12(19(23)20-14-4-2-3-5-15(14)21(24)25)28-18(22)11-13-6-7-16-17(10-13)27-9-8-26-16/h2-7,10,12H,8-9,11H2,1H3,(H,20,23)/t12-/m0/s1. The van der Waals surface area contributed by atoms with Gasteiger partial charge in [-0.3, -0.25) is 19.7 Å². The average Bonchev–Trinajstić information content (AvgIpc) is 2.68. The van der Waals surface area contributed by atoms with Crippen LogP contribution in [0.25, 0.3) is 0 Å². The molecule has 3 rings (SSSR count). The van der Waals surface area contributed by atoms with Crippen molar-refractivity contribution in [3.63, 3.8) is 0 Å². The second kappa shape index (κ2) is 8.38. The van der Waals surface area contributed by atoms with Crippen molar-refractivity contribution in [1.82, 2.24) is 0 Å². The van der Waals surface area contributed by atoms with Gasteiger partial charge in [0.1, 0.15) is 18.9 Å². The van der Waals surface area contributed by atoms with E-state index < -0.39 is 22.9 Å². The van der Waals surface area contributed by atoms with Crippen LogP contribution in [0.15, 0.2) is 42.5 Å². The fourth-order valence-electron chi connectivity index (χ4n) is 2.63. The highest BCUT2D eigenvalue weighted by molar-refractivity contribution is 5.96. The first-order valence-corrected chi connectivity index (χ1v) is 8.56. The Morgan fingerprint density at radius 1 is 1.18 bits per heavy atom. The molecule has 0 aliphatic carbocycles. The summed E-state index contributed by atoms with van der Waals surface area (Å²) in [5, 5.41) is 13.4. The summed E-state index contributed by atoms with van der Waals surface area (Å²) in [5.41, 5.74) is 0.443. The molecule has 0 aromatic heterocycles. The number of hydrogen-bond acceptors (Lipinski definition) is 7. The van der Waals surface area contributed by atoms with E-state index in [0.29, 0.717) is 30.3 Å². The number of fused-ring (bicyclic) bond motifs is 1. The minimum Gasteiger partial charge on any atom is -0.486 e. The van der Waals surface area contributed by atoms with Gasteiger partial charge in [0.05, 0.1) is 11.3 Å². The number of para-hydroxylation sites is 2.